The monoisotopic (exact) mass is 526 g/mol. The van der Waals surface area contributed by atoms with Crippen LogP contribution in [0.4, 0.5) is 11.5 Å². The molecule has 0 aliphatic carbocycles. The number of rotatable bonds is 8. The Morgan fingerprint density at radius 3 is 2.54 bits per heavy atom. The standard InChI is InChI=1S/C30H30N4O5/c1-4-29(35)34-19-8-9-20(34)14-21(13-19)39-28-15-22-23(16-27(28)37-3)31-17-32-30(22)33-24-12-18(7-10-26(24)36-2)25-6-5-11-38-25/h4-7,10-12,15-17,19-21H,1,8-9,13-14H2,2-3H3,(H,31,32,33). The number of nitrogens with zero attached hydrogens (tertiary/aromatic N) is 3. The normalized spacial score (nSPS) is 20.1. The third kappa shape index (κ3) is 4.65. The van der Waals surface area contributed by atoms with E-state index >= 15 is 0 Å². The van der Waals surface area contributed by atoms with Crippen LogP contribution in [0.15, 0.2) is 72.1 Å². The zero-order chi connectivity index (χ0) is 26.9. The first-order chi connectivity index (χ1) is 19.1. The smallest absolute Gasteiger partial charge is 0.246 e. The van der Waals surface area contributed by atoms with Gasteiger partial charge in [-0.1, -0.05) is 6.58 Å². The van der Waals surface area contributed by atoms with Crippen molar-refractivity contribution in [2.24, 2.45) is 0 Å². The van der Waals surface area contributed by atoms with Crippen LogP contribution in [0.25, 0.3) is 22.2 Å². The Morgan fingerprint density at radius 1 is 1.05 bits per heavy atom. The molecule has 0 spiro atoms. The van der Waals surface area contributed by atoms with Crippen molar-refractivity contribution in [2.45, 2.75) is 43.9 Å². The molecule has 2 unspecified atom stereocenters. The molecule has 6 rings (SSSR count). The lowest BCUT2D eigenvalue weighted by molar-refractivity contribution is -0.131. The van der Waals surface area contributed by atoms with Crippen LogP contribution in [0.5, 0.6) is 17.2 Å². The Labute approximate surface area is 226 Å². The predicted octanol–water partition coefficient (Wildman–Crippen LogP) is 5.74. The molecule has 2 saturated heterocycles. The fourth-order valence-corrected chi connectivity index (χ4v) is 5.81. The molecule has 2 fully saturated rings. The second-order valence-electron chi connectivity index (χ2n) is 9.81. The van der Waals surface area contributed by atoms with Gasteiger partial charge in [0.05, 0.1) is 31.7 Å². The van der Waals surface area contributed by atoms with Gasteiger partial charge in [-0.25, -0.2) is 9.97 Å². The van der Waals surface area contributed by atoms with Gasteiger partial charge in [-0.2, -0.15) is 0 Å². The molecule has 4 aromatic rings. The topological polar surface area (TPSA) is 99.0 Å². The molecular formula is C30H30N4O5. The maximum Gasteiger partial charge on any atom is 0.246 e. The summed E-state index contributed by atoms with van der Waals surface area (Å²) in [5.41, 5.74) is 2.35. The highest BCUT2D eigenvalue weighted by molar-refractivity contribution is 5.94. The number of anilines is 2. The molecule has 4 heterocycles. The number of carbonyl (C=O) groups excluding carboxylic acids is 1. The van der Waals surface area contributed by atoms with E-state index in [9.17, 15) is 4.79 Å². The Morgan fingerprint density at radius 2 is 1.85 bits per heavy atom. The Bertz CT molecular complexity index is 1510. The number of piperidine rings is 1. The second-order valence-corrected chi connectivity index (χ2v) is 9.81. The molecule has 2 atom stereocenters. The number of methoxy groups -OCH3 is 2. The summed E-state index contributed by atoms with van der Waals surface area (Å²) in [6, 6.07) is 13.7. The van der Waals surface area contributed by atoms with Gasteiger partial charge in [-0.3, -0.25) is 4.79 Å². The Hall–Kier alpha value is -4.53. The van der Waals surface area contributed by atoms with Crippen molar-refractivity contribution in [1.29, 1.82) is 0 Å². The summed E-state index contributed by atoms with van der Waals surface area (Å²) in [6.45, 7) is 3.67. The molecule has 2 aliphatic rings. The Kier molecular flexibility index (Phi) is 6.56. The van der Waals surface area contributed by atoms with Gasteiger partial charge in [-0.15, -0.1) is 0 Å². The maximum atomic E-state index is 12.4. The molecule has 2 bridgehead atoms. The zero-order valence-corrected chi connectivity index (χ0v) is 21.9. The lowest BCUT2D eigenvalue weighted by atomic mass is 9.99. The summed E-state index contributed by atoms with van der Waals surface area (Å²) in [7, 11) is 3.25. The van der Waals surface area contributed by atoms with Crippen LogP contribution >= 0.6 is 0 Å². The number of benzene rings is 2. The summed E-state index contributed by atoms with van der Waals surface area (Å²) < 4.78 is 23.4. The van der Waals surface area contributed by atoms with Gasteiger partial charge >= 0.3 is 0 Å². The highest BCUT2D eigenvalue weighted by atomic mass is 16.5. The van der Waals surface area contributed by atoms with Crippen molar-refractivity contribution in [3.05, 3.63) is 67.7 Å². The second kappa shape index (κ2) is 10.3. The van der Waals surface area contributed by atoms with E-state index in [-0.39, 0.29) is 24.1 Å². The highest BCUT2D eigenvalue weighted by Crippen LogP contribution is 2.41. The number of hydrogen-bond acceptors (Lipinski definition) is 8. The number of fused-ring (bicyclic) bond motifs is 3. The van der Waals surface area contributed by atoms with E-state index in [0.717, 1.165) is 48.1 Å². The summed E-state index contributed by atoms with van der Waals surface area (Å²) >= 11 is 0. The van der Waals surface area contributed by atoms with Gasteiger partial charge in [-0.05, 0) is 55.3 Å². The van der Waals surface area contributed by atoms with Crippen LogP contribution < -0.4 is 19.5 Å². The molecule has 1 N–H and O–H groups in total. The van der Waals surface area contributed by atoms with Crippen molar-refractivity contribution in [3.8, 4) is 28.6 Å². The first-order valence-electron chi connectivity index (χ1n) is 13.0. The van der Waals surface area contributed by atoms with E-state index < -0.39 is 0 Å². The first-order valence-corrected chi connectivity index (χ1v) is 13.0. The van der Waals surface area contributed by atoms with Crippen molar-refractivity contribution in [2.75, 3.05) is 19.5 Å². The van der Waals surface area contributed by atoms with Crippen LogP contribution in [0.3, 0.4) is 0 Å². The Balaban J connectivity index is 1.31. The summed E-state index contributed by atoms with van der Waals surface area (Å²) in [5, 5.41) is 4.20. The fraction of sp³-hybridized carbons (Fsp3) is 0.300. The number of furan rings is 1. The minimum Gasteiger partial charge on any atom is -0.495 e. The molecular weight excluding hydrogens is 496 g/mol. The highest BCUT2D eigenvalue weighted by Gasteiger charge is 2.43. The maximum absolute atomic E-state index is 12.4. The van der Waals surface area contributed by atoms with E-state index in [2.05, 4.69) is 21.9 Å². The molecule has 2 aromatic carbocycles. The molecule has 2 aliphatic heterocycles. The van der Waals surface area contributed by atoms with Crippen LogP contribution in [-0.4, -0.2) is 53.2 Å². The number of carbonyl (C=O) groups is 1. The number of ether oxygens (including phenoxy) is 3. The quantitative estimate of drug-likeness (QED) is 0.290. The lowest BCUT2D eigenvalue weighted by Crippen LogP contribution is -2.48. The summed E-state index contributed by atoms with van der Waals surface area (Å²) in [5.74, 6) is 3.24. The van der Waals surface area contributed by atoms with E-state index in [1.807, 2.05) is 47.4 Å². The van der Waals surface area contributed by atoms with E-state index in [1.165, 1.54) is 12.4 Å². The number of aromatic nitrogens is 2. The van der Waals surface area contributed by atoms with Crippen LogP contribution in [-0.2, 0) is 4.79 Å². The molecule has 0 saturated carbocycles. The van der Waals surface area contributed by atoms with Gasteiger partial charge in [0, 0.05) is 41.9 Å². The largest absolute Gasteiger partial charge is 0.495 e. The SMILES string of the molecule is C=CC(=O)N1C2CCC1CC(Oc1cc3c(Nc4cc(-c5ccco5)ccc4OC)ncnc3cc1OC)C2. The zero-order valence-electron chi connectivity index (χ0n) is 21.9. The summed E-state index contributed by atoms with van der Waals surface area (Å²) in [6.07, 6.45) is 8.04. The lowest BCUT2D eigenvalue weighted by Gasteiger charge is -2.38. The molecule has 200 valence electrons. The molecule has 39 heavy (non-hydrogen) atoms. The molecule has 9 heteroatoms. The molecule has 0 radical (unpaired) electrons. The number of hydrogen-bond donors (Lipinski definition) is 1. The minimum absolute atomic E-state index is 0.00338. The summed E-state index contributed by atoms with van der Waals surface area (Å²) in [4.78, 5) is 23.4. The van der Waals surface area contributed by atoms with E-state index in [0.29, 0.717) is 28.6 Å². The van der Waals surface area contributed by atoms with Crippen molar-refractivity contribution < 1.29 is 23.4 Å². The molecule has 2 aromatic heterocycles. The van der Waals surface area contributed by atoms with Crippen LogP contribution in [0, 0.1) is 0 Å². The van der Waals surface area contributed by atoms with Gasteiger partial charge < -0.3 is 28.8 Å². The van der Waals surface area contributed by atoms with E-state index in [1.54, 1.807) is 20.5 Å². The third-order valence-electron chi connectivity index (χ3n) is 7.59. The molecule has 1 amide bonds. The average molecular weight is 527 g/mol. The van der Waals surface area contributed by atoms with Crippen molar-refractivity contribution in [3.63, 3.8) is 0 Å². The van der Waals surface area contributed by atoms with Gasteiger partial charge in [0.2, 0.25) is 5.91 Å². The first kappa shape index (κ1) is 24.8. The minimum atomic E-state index is -0.0335. The van der Waals surface area contributed by atoms with Gasteiger partial charge in [0.1, 0.15) is 29.8 Å². The fourth-order valence-electron chi connectivity index (χ4n) is 5.81. The van der Waals surface area contributed by atoms with Gasteiger partial charge in [0.25, 0.3) is 0 Å². The van der Waals surface area contributed by atoms with Crippen LogP contribution in [0.1, 0.15) is 25.7 Å². The predicted molar refractivity (Wildman–Crippen MR) is 148 cm³/mol. The third-order valence-corrected chi connectivity index (χ3v) is 7.59. The van der Waals surface area contributed by atoms with Gasteiger partial charge in [0.15, 0.2) is 11.5 Å². The molecule has 9 nitrogen and oxygen atoms in total. The number of amides is 1. The van der Waals surface area contributed by atoms with Crippen molar-refractivity contribution in [1.82, 2.24) is 14.9 Å². The average Bonchev–Trinajstić information content (AvgIpc) is 3.59. The number of nitrogens with one attached hydrogen (secondary N) is 1. The van der Waals surface area contributed by atoms with Crippen molar-refractivity contribution >= 4 is 28.3 Å². The van der Waals surface area contributed by atoms with Crippen LogP contribution in [0.2, 0.25) is 0 Å². The van der Waals surface area contributed by atoms with E-state index in [4.69, 9.17) is 18.6 Å².